The summed E-state index contributed by atoms with van der Waals surface area (Å²) in [6.07, 6.45) is 1.68. The Kier molecular flexibility index (Phi) is 4.84. The molecule has 0 aliphatic rings. The third-order valence-corrected chi connectivity index (χ3v) is 2.51. The molecule has 92 valence electrons. The van der Waals surface area contributed by atoms with E-state index < -0.39 is 12.0 Å². The van der Waals surface area contributed by atoms with Crippen LogP contribution in [0.4, 0.5) is 0 Å². The standard InChI is InChI=1S/C13H17NO3/c1-2-3-9-4-6-10(7-5-9)13(17)11(14)8-12(15)16/h4-7,11H,2-3,8,14H2,1H3,(H,15,16). The van der Waals surface area contributed by atoms with Gasteiger partial charge < -0.3 is 10.8 Å². The van der Waals surface area contributed by atoms with Gasteiger partial charge in [-0.05, 0) is 12.0 Å². The molecule has 0 fully saturated rings. The Labute approximate surface area is 100 Å². The number of ketones is 1. The monoisotopic (exact) mass is 235 g/mol. The van der Waals surface area contributed by atoms with Crippen LogP contribution in [0.3, 0.4) is 0 Å². The minimum absolute atomic E-state index is 0.324. The molecule has 4 heteroatoms. The number of benzene rings is 1. The summed E-state index contributed by atoms with van der Waals surface area (Å²) in [7, 11) is 0. The smallest absolute Gasteiger partial charge is 0.305 e. The number of carbonyl (C=O) groups is 2. The van der Waals surface area contributed by atoms with Crippen LogP contribution in [-0.4, -0.2) is 22.9 Å². The number of carbonyl (C=O) groups excluding carboxylic acids is 1. The van der Waals surface area contributed by atoms with Crippen molar-refractivity contribution >= 4 is 11.8 Å². The maximum absolute atomic E-state index is 11.8. The molecule has 0 saturated heterocycles. The van der Waals surface area contributed by atoms with Crippen LogP contribution in [0, 0.1) is 0 Å². The molecule has 3 N–H and O–H groups in total. The fraction of sp³-hybridized carbons (Fsp3) is 0.385. The minimum atomic E-state index is -1.06. The van der Waals surface area contributed by atoms with E-state index in [2.05, 4.69) is 6.92 Å². The van der Waals surface area contributed by atoms with Gasteiger partial charge in [-0.3, -0.25) is 9.59 Å². The number of aryl methyl sites for hydroxylation is 1. The molecule has 1 atom stereocenters. The van der Waals surface area contributed by atoms with Gasteiger partial charge in [0.2, 0.25) is 0 Å². The zero-order chi connectivity index (χ0) is 12.8. The number of carboxylic acids is 1. The lowest BCUT2D eigenvalue weighted by Crippen LogP contribution is -2.32. The average Bonchev–Trinajstić information content (AvgIpc) is 2.28. The lowest BCUT2D eigenvalue weighted by atomic mass is 10.00. The van der Waals surface area contributed by atoms with E-state index in [1.165, 1.54) is 0 Å². The summed E-state index contributed by atoms with van der Waals surface area (Å²) in [5, 5.41) is 8.56. The maximum Gasteiger partial charge on any atom is 0.305 e. The normalized spacial score (nSPS) is 12.1. The summed E-state index contributed by atoms with van der Waals surface area (Å²) in [5.74, 6) is -1.39. The predicted octanol–water partition coefficient (Wildman–Crippen LogP) is 1.62. The van der Waals surface area contributed by atoms with E-state index in [4.69, 9.17) is 10.8 Å². The molecule has 1 aromatic rings. The molecule has 1 aromatic carbocycles. The first kappa shape index (κ1) is 13.4. The topological polar surface area (TPSA) is 80.4 Å². The van der Waals surface area contributed by atoms with Crippen LogP contribution in [0.1, 0.15) is 35.7 Å². The van der Waals surface area contributed by atoms with Crippen molar-refractivity contribution in [2.24, 2.45) is 5.73 Å². The van der Waals surface area contributed by atoms with Crippen molar-refractivity contribution in [3.05, 3.63) is 35.4 Å². The summed E-state index contributed by atoms with van der Waals surface area (Å²) in [6.45, 7) is 2.09. The van der Waals surface area contributed by atoms with Gasteiger partial charge in [-0.1, -0.05) is 37.6 Å². The number of hydrogen-bond acceptors (Lipinski definition) is 3. The zero-order valence-electron chi connectivity index (χ0n) is 9.85. The van der Waals surface area contributed by atoms with E-state index in [1.807, 2.05) is 12.1 Å². The van der Waals surface area contributed by atoms with Crippen LogP contribution >= 0.6 is 0 Å². The highest BCUT2D eigenvalue weighted by atomic mass is 16.4. The number of aliphatic carboxylic acids is 1. The summed E-state index contributed by atoms with van der Waals surface area (Å²) >= 11 is 0. The largest absolute Gasteiger partial charge is 0.481 e. The van der Waals surface area contributed by atoms with Crippen molar-refractivity contribution in [3.63, 3.8) is 0 Å². The number of carboxylic acid groups (broad SMARTS) is 1. The molecule has 0 saturated carbocycles. The van der Waals surface area contributed by atoms with Crippen molar-refractivity contribution in [3.8, 4) is 0 Å². The molecular formula is C13H17NO3. The van der Waals surface area contributed by atoms with Crippen LogP contribution in [0.15, 0.2) is 24.3 Å². The molecule has 4 nitrogen and oxygen atoms in total. The van der Waals surface area contributed by atoms with Gasteiger partial charge in [0.05, 0.1) is 12.5 Å². The highest BCUT2D eigenvalue weighted by Gasteiger charge is 2.18. The van der Waals surface area contributed by atoms with Crippen molar-refractivity contribution in [2.75, 3.05) is 0 Å². The third-order valence-electron chi connectivity index (χ3n) is 2.51. The molecule has 0 heterocycles. The first-order valence-corrected chi connectivity index (χ1v) is 5.65. The highest BCUT2D eigenvalue weighted by Crippen LogP contribution is 2.09. The van der Waals surface area contributed by atoms with E-state index in [1.54, 1.807) is 12.1 Å². The van der Waals surface area contributed by atoms with Gasteiger partial charge in [-0.25, -0.2) is 0 Å². The number of hydrogen-bond donors (Lipinski definition) is 2. The van der Waals surface area contributed by atoms with E-state index in [9.17, 15) is 9.59 Å². The van der Waals surface area contributed by atoms with Gasteiger partial charge in [0.1, 0.15) is 0 Å². The Morgan fingerprint density at radius 1 is 1.29 bits per heavy atom. The fourth-order valence-electron chi connectivity index (χ4n) is 1.62. The number of rotatable bonds is 6. The van der Waals surface area contributed by atoms with Crippen molar-refractivity contribution in [1.82, 2.24) is 0 Å². The molecule has 0 aliphatic carbocycles. The predicted molar refractivity (Wildman–Crippen MR) is 65.0 cm³/mol. The SMILES string of the molecule is CCCc1ccc(C(=O)C(N)CC(=O)O)cc1. The second-order valence-electron chi connectivity index (χ2n) is 4.02. The summed E-state index contributed by atoms with van der Waals surface area (Å²) < 4.78 is 0. The van der Waals surface area contributed by atoms with E-state index in [0.717, 1.165) is 18.4 Å². The van der Waals surface area contributed by atoms with Crippen LogP contribution in [0.5, 0.6) is 0 Å². The first-order chi connectivity index (χ1) is 8.04. The quantitative estimate of drug-likeness (QED) is 0.734. The first-order valence-electron chi connectivity index (χ1n) is 5.65. The second kappa shape index (κ2) is 6.15. The zero-order valence-corrected chi connectivity index (χ0v) is 9.85. The summed E-state index contributed by atoms with van der Waals surface area (Å²) in [4.78, 5) is 22.2. The lowest BCUT2D eigenvalue weighted by Gasteiger charge is -2.08. The molecule has 1 unspecified atom stereocenters. The van der Waals surface area contributed by atoms with E-state index in [-0.39, 0.29) is 12.2 Å². The van der Waals surface area contributed by atoms with Gasteiger partial charge in [0, 0.05) is 5.56 Å². The highest BCUT2D eigenvalue weighted by molar-refractivity contribution is 6.01. The Bertz CT molecular complexity index is 398. The molecule has 0 aromatic heterocycles. The molecular weight excluding hydrogens is 218 g/mol. The van der Waals surface area contributed by atoms with Crippen molar-refractivity contribution in [2.45, 2.75) is 32.2 Å². The van der Waals surface area contributed by atoms with Gasteiger partial charge in [0.15, 0.2) is 5.78 Å². The molecule has 0 aliphatic heterocycles. The van der Waals surface area contributed by atoms with E-state index >= 15 is 0 Å². The summed E-state index contributed by atoms with van der Waals surface area (Å²) in [5.41, 5.74) is 7.15. The number of Topliss-reactive ketones (excluding diaryl/α,β-unsaturated/α-hetero) is 1. The molecule has 0 amide bonds. The number of nitrogens with two attached hydrogens (primary N) is 1. The van der Waals surface area contributed by atoms with Crippen molar-refractivity contribution in [1.29, 1.82) is 0 Å². The van der Waals surface area contributed by atoms with E-state index in [0.29, 0.717) is 5.56 Å². The molecule has 0 spiro atoms. The van der Waals surface area contributed by atoms with Gasteiger partial charge in [-0.2, -0.15) is 0 Å². The summed E-state index contributed by atoms with van der Waals surface area (Å²) in [6, 6.07) is 6.20. The van der Waals surface area contributed by atoms with Crippen LogP contribution in [0.2, 0.25) is 0 Å². The Balaban J connectivity index is 2.72. The molecule has 17 heavy (non-hydrogen) atoms. The Morgan fingerprint density at radius 2 is 1.88 bits per heavy atom. The second-order valence-corrected chi connectivity index (χ2v) is 4.02. The van der Waals surface area contributed by atoms with Gasteiger partial charge >= 0.3 is 5.97 Å². The average molecular weight is 235 g/mol. The Hall–Kier alpha value is -1.68. The van der Waals surface area contributed by atoms with Crippen LogP contribution < -0.4 is 5.73 Å². The molecule has 0 radical (unpaired) electrons. The molecule has 1 rings (SSSR count). The molecule has 0 bridgehead atoms. The Morgan fingerprint density at radius 3 is 2.35 bits per heavy atom. The van der Waals surface area contributed by atoms with Crippen molar-refractivity contribution < 1.29 is 14.7 Å². The third kappa shape index (κ3) is 4.00. The fourth-order valence-corrected chi connectivity index (χ4v) is 1.62. The minimum Gasteiger partial charge on any atom is -0.481 e. The lowest BCUT2D eigenvalue weighted by molar-refractivity contribution is -0.137. The van der Waals surface area contributed by atoms with Gasteiger partial charge in [-0.15, -0.1) is 0 Å². The maximum atomic E-state index is 11.8. The van der Waals surface area contributed by atoms with Crippen LogP contribution in [-0.2, 0) is 11.2 Å². The van der Waals surface area contributed by atoms with Gasteiger partial charge in [0.25, 0.3) is 0 Å². The van der Waals surface area contributed by atoms with Crippen LogP contribution in [0.25, 0.3) is 0 Å².